The van der Waals surface area contributed by atoms with Crippen LogP contribution in [0.3, 0.4) is 0 Å². The van der Waals surface area contributed by atoms with Crippen molar-refractivity contribution in [1.82, 2.24) is 10.1 Å². The lowest BCUT2D eigenvalue weighted by molar-refractivity contribution is -0.159. The Morgan fingerprint density at radius 2 is 1.83 bits per heavy atom. The van der Waals surface area contributed by atoms with Gasteiger partial charge in [0.2, 0.25) is 11.7 Å². The van der Waals surface area contributed by atoms with Crippen LogP contribution in [0.1, 0.15) is 39.5 Å². The monoisotopic (exact) mass is 433 g/mol. The van der Waals surface area contributed by atoms with Gasteiger partial charge < -0.3 is 9.63 Å². The van der Waals surface area contributed by atoms with E-state index in [1.54, 1.807) is 20.8 Å². The van der Waals surface area contributed by atoms with Crippen molar-refractivity contribution in [1.29, 1.82) is 0 Å². The summed E-state index contributed by atoms with van der Waals surface area (Å²) in [6.45, 7) is 4.65. The predicted molar refractivity (Wildman–Crippen MR) is 91.2 cm³/mol. The molecule has 1 aromatic carbocycles. The number of anilines is 1. The van der Waals surface area contributed by atoms with Crippen molar-refractivity contribution in [3.05, 3.63) is 29.7 Å². The van der Waals surface area contributed by atoms with Gasteiger partial charge in [0.1, 0.15) is 11.6 Å². The van der Waals surface area contributed by atoms with E-state index in [0.29, 0.717) is 17.0 Å². The minimum atomic E-state index is -4.98. The Hall–Kier alpha value is -3.05. The molecule has 2 aromatic rings. The quantitative estimate of drug-likeness (QED) is 0.735. The summed E-state index contributed by atoms with van der Waals surface area (Å²) in [5.74, 6) is -7.19. The first-order valence-electron chi connectivity index (χ1n) is 8.67. The van der Waals surface area contributed by atoms with Crippen molar-refractivity contribution in [2.45, 2.75) is 45.3 Å². The van der Waals surface area contributed by atoms with Crippen LogP contribution in [-0.4, -0.2) is 32.7 Å². The summed E-state index contributed by atoms with van der Waals surface area (Å²) >= 11 is 0. The Labute approximate surface area is 166 Å². The number of rotatable bonds is 3. The number of carboxylic acid groups (broad SMARTS) is 1. The van der Waals surface area contributed by atoms with Crippen molar-refractivity contribution in [2.24, 2.45) is 5.41 Å². The molecule has 12 heteroatoms. The molecule has 1 saturated heterocycles. The van der Waals surface area contributed by atoms with Crippen molar-refractivity contribution in [3.8, 4) is 11.4 Å². The topological polar surface area (TPSA) is 96.5 Å². The van der Waals surface area contributed by atoms with Gasteiger partial charge in [-0.3, -0.25) is 9.69 Å². The standard InChI is InChI=1S/C18H16F5N3O4/c1-16(2,3)17(15(28)29)5-4-12(27)26(17)11-7-9(19)8(6-10(11)20)13-24-14(30-25-13)18(21,22)23/h6-7H,4-5H2,1-3H3,(H,28,29). The Morgan fingerprint density at radius 1 is 1.20 bits per heavy atom. The highest BCUT2D eigenvalue weighted by atomic mass is 19.4. The van der Waals surface area contributed by atoms with Crippen LogP contribution in [-0.2, 0) is 15.8 Å². The van der Waals surface area contributed by atoms with Crippen LogP contribution < -0.4 is 4.90 Å². The van der Waals surface area contributed by atoms with Crippen LogP contribution in [0.25, 0.3) is 11.4 Å². The number of aliphatic carboxylic acids is 1. The van der Waals surface area contributed by atoms with Gasteiger partial charge in [-0.25, -0.2) is 13.6 Å². The fourth-order valence-electron chi connectivity index (χ4n) is 3.63. The van der Waals surface area contributed by atoms with E-state index in [1.165, 1.54) is 0 Å². The highest BCUT2D eigenvalue weighted by Gasteiger charge is 2.59. The molecule has 30 heavy (non-hydrogen) atoms. The van der Waals surface area contributed by atoms with Crippen LogP contribution in [0.15, 0.2) is 16.7 Å². The molecule has 1 aliphatic rings. The number of hydrogen-bond acceptors (Lipinski definition) is 5. The number of amides is 1. The maximum atomic E-state index is 14.9. The summed E-state index contributed by atoms with van der Waals surface area (Å²) in [5, 5.41) is 12.9. The van der Waals surface area contributed by atoms with Gasteiger partial charge in [0.15, 0.2) is 5.54 Å². The number of alkyl halides is 3. The smallest absolute Gasteiger partial charge is 0.471 e. The van der Waals surface area contributed by atoms with Gasteiger partial charge in [0.05, 0.1) is 11.3 Å². The second kappa shape index (κ2) is 6.74. The van der Waals surface area contributed by atoms with Crippen LogP contribution in [0.2, 0.25) is 0 Å². The minimum absolute atomic E-state index is 0.132. The summed E-state index contributed by atoms with van der Waals surface area (Å²) in [7, 11) is 0. The normalized spacial score (nSPS) is 20.1. The lowest BCUT2D eigenvalue weighted by Gasteiger charge is -2.44. The zero-order chi connectivity index (χ0) is 22.6. The highest BCUT2D eigenvalue weighted by molar-refractivity contribution is 6.05. The lowest BCUT2D eigenvalue weighted by atomic mass is 9.71. The van der Waals surface area contributed by atoms with E-state index < -0.39 is 63.6 Å². The molecule has 1 amide bonds. The van der Waals surface area contributed by atoms with E-state index in [4.69, 9.17) is 0 Å². The molecule has 1 fully saturated rings. The second-order valence-corrected chi connectivity index (χ2v) is 7.85. The van der Waals surface area contributed by atoms with Gasteiger partial charge in [-0.1, -0.05) is 25.9 Å². The van der Waals surface area contributed by atoms with E-state index in [2.05, 4.69) is 14.7 Å². The molecule has 1 aromatic heterocycles. The highest BCUT2D eigenvalue weighted by Crippen LogP contribution is 2.48. The average molecular weight is 433 g/mol. The molecule has 1 aliphatic heterocycles. The number of nitrogens with zero attached hydrogens (tertiary/aromatic N) is 3. The Morgan fingerprint density at radius 3 is 2.33 bits per heavy atom. The van der Waals surface area contributed by atoms with Crippen LogP contribution in [0.4, 0.5) is 27.6 Å². The first-order valence-corrected chi connectivity index (χ1v) is 8.67. The van der Waals surface area contributed by atoms with Crippen molar-refractivity contribution in [2.75, 3.05) is 4.90 Å². The van der Waals surface area contributed by atoms with E-state index in [0.717, 1.165) is 0 Å². The molecule has 2 heterocycles. The molecule has 3 rings (SSSR count). The molecule has 0 radical (unpaired) electrons. The molecule has 7 nitrogen and oxygen atoms in total. The van der Waals surface area contributed by atoms with Crippen LogP contribution in [0.5, 0.6) is 0 Å². The van der Waals surface area contributed by atoms with Gasteiger partial charge in [0, 0.05) is 12.5 Å². The molecule has 0 aliphatic carbocycles. The van der Waals surface area contributed by atoms with E-state index in [1.807, 2.05) is 0 Å². The van der Waals surface area contributed by atoms with Crippen molar-refractivity contribution < 1.29 is 41.2 Å². The number of hydrogen-bond donors (Lipinski definition) is 1. The molecule has 1 N–H and O–H groups in total. The molecule has 0 bridgehead atoms. The first kappa shape index (κ1) is 21.7. The Bertz CT molecular complexity index is 1030. The van der Waals surface area contributed by atoms with E-state index >= 15 is 0 Å². The number of carboxylic acids is 1. The summed E-state index contributed by atoms with van der Waals surface area (Å²) in [6, 6.07) is 1.04. The lowest BCUT2D eigenvalue weighted by Crippen LogP contribution is -2.60. The Kier molecular flexibility index (Phi) is 4.87. The molecule has 162 valence electrons. The fraction of sp³-hybridized carbons (Fsp3) is 0.444. The number of aromatic nitrogens is 2. The van der Waals surface area contributed by atoms with Crippen molar-refractivity contribution in [3.63, 3.8) is 0 Å². The number of benzene rings is 1. The van der Waals surface area contributed by atoms with Gasteiger partial charge in [0.25, 0.3) is 0 Å². The largest absolute Gasteiger partial charge is 0.479 e. The Balaban J connectivity index is 2.14. The van der Waals surface area contributed by atoms with Gasteiger partial charge in [-0.15, -0.1) is 0 Å². The molecule has 1 unspecified atom stereocenters. The van der Waals surface area contributed by atoms with Crippen molar-refractivity contribution >= 4 is 17.6 Å². The molecule has 0 saturated carbocycles. The molecular formula is C18H16F5N3O4. The third kappa shape index (κ3) is 3.19. The SMILES string of the molecule is CC(C)(C)C1(C(=O)O)CCC(=O)N1c1cc(F)c(-c2noc(C(F)(F)F)n2)cc1F. The first-order chi connectivity index (χ1) is 13.7. The van der Waals surface area contributed by atoms with Gasteiger partial charge in [-0.2, -0.15) is 18.2 Å². The zero-order valence-corrected chi connectivity index (χ0v) is 16.0. The van der Waals surface area contributed by atoms with Gasteiger partial charge in [-0.05, 0) is 17.9 Å². The predicted octanol–water partition coefficient (Wildman–Crippen LogP) is 4.03. The van der Waals surface area contributed by atoms with Crippen LogP contribution in [0, 0.1) is 17.0 Å². The molecule has 0 spiro atoms. The fourth-order valence-corrected chi connectivity index (χ4v) is 3.63. The summed E-state index contributed by atoms with van der Waals surface area (Å²) in [4.78, 5) is 28.3. The summed E-state index contributed by atoms with van der Waals surface area (Å²) in [5.41, 5.74) is -4.29. The van der Waals surface area contributed by atoms with E-state index in [-0.39, 0.29) is 12.8 Å². The third-order valence-electron chi connectivity index (χ3n) is 5.11. The molecular weight excluding hydrogens is 417 g/mol. The second-order valence-electron chi connectivity index (χ2n) is 7.85. The average Bonchev–Trinajstić information content (AvgIpc) is 3.21. The maximum absolute atomic E-state index is 14.9. The number of halogens is 5. The number of carbonyl (C=O) groups excluding carboxylic acids is 1. The van der Waals surface area contributed by atoms with Crippen LogP contribution >= 0.6 is 0 Å². The molecule has 1 atom stereocenters. The minimum Gasteiger partial charge on any atom is -0.479 e. The van der Waals surface area contributed by atoms with E-state index in [9.17, 15) is 36.6 Å². The summed E-state index contributed by atoms with van der Waals surface area (Å²) in [6.07, 6.45) is -5.31. The number of carbonyl (C=O) groups is 2. The summed E-state index contributed by atoms with van der Waals surface area (Å²) < 4.78 is 71.5. The van der Waals surface area contributed by atoms with Gasteiger partial charge >= 0.3 is 18.0 Å². The zero-order valence-electron chi connectivity index (χ0n) is 16.0. The third-order valence-corrected chi connectivity index (χ3v) is 5.11. The maximum Gasteiger partial charge on any atom is 0.471 e.